The summed E-state index contributed by atoms with van der Waals surface area (Å²) in [5.41, 5.74) is 4.73. The third-order valence-corrected chi connectivity index (χ3v) is 5.72. The van der Waals surface area contributed by atoms with E-state index < -0.39 is 38.9 Å². The molecule has 0 aliphatic rings. The second-order valence-corrected chi connectivity index (χ2v) is 8.74. The summed E-state index contributed by atoms with van der Waals surface area (Å²) in [6, 6.07) is 6.35. The van der Waals surface area contributed by atoms with Gasteiger partial charge in [-0.3, -0.25) is 9.52 Å². The molecule has 8 nitrogen and oxygen atoms in total. The first-order chi connectivity index (χ1) is 14.1. The Labute approximate surface area is 171 Å². The second-order valence-electron chi connectivity index (χ2n) is 6.98. The third-order valence-electron chi connectivity index (χ3n) is 4.09. The van der Waals surface area contributed by atoms with Crippen LogP contribution >= 0.6 is 0 Å². The Kier molecular flexibility index (Phi) is 5.83. The molecule has 0 spiro atoms. The van der Waals surface area contributed by atoms with Gasteiger partial charge in [-0.25, -0.2) is 27.2 Å². The Morgan fingerprint density at radius 1 is 1.17 bits per heavy atom. The molecule has 0 radical (unpaired) electrons. The van der Waals surface area contributed by atoms with Crippen LogP contribution in [-0.4, -0.2) is 30.0 Å². The number of benzene rings is 2. The number of nitrogens with one attached hydrogen (secondary N) is 2. The maximum absolute atomic E-state index is 14.8. The molecule has 1 aromatic heterocycles. The first-order valence-electron chi connectivity index (χ1n) is 8.88. The number of amides is 1. The third kappa shape index (κ3) is 4.46. The lowest BCUT2D eigenvalue weighted by Crippen LogP contribution is -2.21. The zero-order chi connectivity index (χ0) is 22.1. The van der Waals surface area contributed by atoms with Crippen LogP contribution in [0.4, 0.5) is 26.0 Å². The van der Waals surface area contributed by atoms with E-state index >= 15 is 0 Å². The number of nitrogens with two attached hydrogens (primary N) is 1. The number of sulfonamides is 1. The summed E-state index contributed by atoms with van der Waals surface area (Å²) in [6.45, 7) is 3.37. The molecule has 1 amide bonds. The lowest BCUT2D eigenvalue weighted by Gasteiger charge is -2.14. The monoisotopic (exact) mass is 435 g/mol. The zero-order valence-corrected chi connectivity index (χ0v) is 16.9. The molecule has 0 saturated carbocycles. The first kappa shape index (κ1) is 21.4. The molecular weight excluding hydrogens is 416 g/mol. The van der Waals surface area contributed by atoms with Gasteiger partial charge in [0.1, 0.15) is 23.6 Å². The maximum Gasteiger partial charge on any atom is 0.258 e. The lowest BCUT2D eigenvalue weighted by atomic mass is 10.1. The van der Waals surface area contributed by atoms with E-state index in [0.29, 0.717) is 5.39 Å². The maximum atomic E-state index is 14.8. The molecule has 0 unspecified atom stereocenters. The smallest absolute Gasteiger partial charge is 0.258 e. The van der Waals surface area contributed by atoms with Crippen LogP contribution in [-0.2, 0) is 10.0 Å². The fraction of sp³-hybridized carbons (Fsp3) is 0.211. The van der Waals surface area contributed by atoms with Crippen molar-refractivity contribution in [2.45, 2.75) is 13.8 Å². The van der Waals surface area contributed by atoms with Crippen molar-refractivity contribution in [2.75, 3.05) is 21.5 Å². The molecule has 0 aliphatic carbocycles. The van der Waals surface area contributed by atoms with E-state index in [9.17, 15) is 22.0 Å². The van der Waals surface area contributed by atoms with Crippen LogP contribution < -0.4 is 15.8 Å². The van der Waals surface area contributed by atoms with Crippen molar-refractivity contribution in [2.24, 2.45) is 5.92 Å². The number of carbonyl (C=O) groups is 1. The molecule has 2 aromatic carbocycles. The van der Waals surface area contributed by atoms with Crippen LogP contribution in [0.15, 0.2) is 36.7 Å². The van der Waals surface area contributed by atoms with Crippen LogP contribution in [0.1, 0.15) is 24.2 Å². The van der Waals surface area contributed by atoms with Crippen LogP contribution in [0.3, 0.4) is 0 Å². The number of anilines is 3. The number of halogens is 2. The van der Waals surface area contributed by atoms with Crippen molar-refractivity contribution >= 4 is 44.0 Å². The van der Waals surface area contributed by atoms with E-state index in [1.54, 1.807) is 19.9 Å². The van der Waals surface area contributed by atoms with Crippen LogP contribution in [0.2, 0.25) is 0 Å². The number of rotatable bonds is 6. The van der Waals surface area contributed by atoms with E-state index in [1.807, 2.05) is 0 Å². The van der Waals surface area contributed by atoms with Crippen molar-refractivity contribution in [3.05, 3.63) is 53.9 Å². The Hall–Kier alpha value is -3.34. The Morgan fingerprint density at radius 2 is 1.90 bits per heavy atom. The Morgan fingerprint density at radius 3 is 2.60 bits per heavy atom. The fourth-order valence-corrected chi connectivity index (χ4v) is 4.32. The van der Waals surface area contributed by atoms with Gasteiger partial charge in [0, 0.05) is 5.39 Å². The number of hydrogen-bond acceptors (Lipinski definition) is 6. The number of carbonyl (C=O) groups excluding carboxylic acids is 1. The Bertz CT molecular complexity index is 1230. The van der Waals surface area contributed by atoms with Gasteiger partial charge in [0.05, 0.1) is 22.5 Å². The van der Waals surface area contributed by atoms with Gasteiger partial charge in [-0.15, -0.1) is 0 Å². The minimum atomic E-state index is -3.86. The van der Waals surface area contributed by atoms with Gasteiger partial charge >= 0.3 is 0 Å². The van der Waals surface area contributed by atoms with Gasteiger partial charge in [-0.2, -0.15) is 0 Å². The van der Waals surface area contributed by atoms with Crippen LogP contribution in [0.5, 0.6) is 0 Å². The minimum Gasteiger partial charge on any atom is -0.383 e. The number of nitrogens with zero attached hydrogens (tertiary/aromatic N) is 2. The number of hydrogen-bond donors (Lipinski definition) is 3. The van der Waals surface area contributed by atoms with Crippen molar-refractivity contribution in [3.8, 4) is 0 Å². The SMILES string of the molecule is CC(C)CS(=O)(=O)Nc1ccc(F)c(NC(=O)c2cccc3c(N)ncnc23)c1F. The molecule has 0 aliphatic heterocycles. The number of aromatic nitrogens is 2. The summed E-state index contributed by atoms with van der Waals surface area (Å²) < 4.78 is 55.3. The predicted octanol–water partition coefficient (Wildman–Crippen LogP) is 3.14. The largest absolute Gasteiger partial charge is 0.383 e. The molecule has 30 heavy (non-hydrogen) atoms. The van der Waals surface area contributed by atoms with Crippen molar-refractivity contribution in [3.63, 3.8) is 0 Å². The van der Waals surface area contributed by atoms with E-state index in [-0.39, 0.29) is 28.6 Å². The van der Waals surface area contributed by atoms with E-state index in [4.69, 9.17) is 5.73 Å². The second kappa shape index (κ2) is 8.19. The molecule has 0 atom stereocenters. The summed E-state index contributed by atoms with van der Waals surface area (Å²) in [5.74, 6) is -3.46. The first-order valence-corrected chi connectivity index (χ1v) is 10.5. The summed E-state index contributed by atoms with van der Waals surface area (Å²) >= 11 is 0. The van der Waals surface area contributed by atoms with Gasteiger partial charge < -0.3 is 11.1 Å². The van der Waals surface area contributed by atoms with Crippen LogP contribution in [0, 0.1) is 17.6 Å². The van der Waals surface area contributed by atoms with Crippen molar-refractivity contribution in [1.82, 2.24) is 9.97 Å². The fourth-order valence-electron chi connectivity index (χ4n) is 2.87. The standard InChI is InChI=1S/C19H19F2N5O3S/c1-10(2)8-30(28,29)26-14-7-6-13(20)17(15(14)21)25-19(27)12-5-3-4-11-16(12)23-9-24-18(11)22/h3-7,9-10,26H,8H2,1-2H3,(H,25,27)(H2,22,23,24). The highest BCUT2D eigenvalue weighted by Gasteiger charge is 2.22. The van der Waals surface area contributed by atoms with Crippen molar-refractivity contribution < 1.29 is 22.0 Å². The quantitative estimate of drug-likeness (QED) is 0.546. The summed E-state index contributed by atoms with van der Waals surface area (Å²) in [4.78, 5) is 20.5. The number of nitrogen functional groups attached to an aromatic ring is 1. The highest BCUT2D eigenvalue weighted by Crippen LogP contribution is 2.28. The summed E-state index contributed by atoms with van der Waals surface area (Å²) in [6.07, 6.45) is 1.17. The normalized spacial score (nSPS) is 11.6. The average Bonchev–Trinajstić information content (AvgIpc) is 2.66. The number of fused-ring (bicyclic) bond motifs is 1. The predicted molar refractivity (Wildman–Crippen MR) is 111 cm³/mol. The van der Waals surface area contributed by atoms with Gasteiger partial charge in [-0.1, -0.05) is 19.9 Å². The van der Waals surface area contributed by atoms with Gasteiger partial charge in [-0.05, 0) is 30.2 Å². The topological polar surface area (TPSA) is 127 Å². The highest BCUT2D eigenvalue weighted by molar-refractivity contribution is 7.92. The van der Waals surface area contributed by atoms with Gasteiger partial charge in [0.15, 0.2) is 5.82 Å². The molecule has 0 saturated heterocycles. The molecule has 1 heterocycles. The minimum absolute atomic E-state index is 0.0196. The molecule has 4 N–H and O–H groups in total. The molecule has 11 heteroatoms. The van der Waals surface area contributed by atoms with Crippen LogP contribution in [0.25, 0.3) is 10.9 Å². The van der Waals surface area contributed by atoms with Crippen molar-refractivity contribution in [1.29, 1.82) is 0 Å². The summed E-state index contributed by atoms with van der Waals surface area (Å²) in [7, 11) is -3.86. The molecule has 3 rings (SSSR count). The number of para-hydroxylation sites is 1. The van der Waals surface area contributed by atoms with E-state index in [1.165, 1.54) is 18.5 Å². The summed E-state index contributed by atoms with van der Waals surface area (Å²) in [5, 5.41) is 2.55. The van der Waals surface area contributed by atoms with Gasteiger partial charge in [0.2, 0.25) is 10.0 Å². The molecule has 0 bridgehead atoms. The molecule has 158 valence electrons. The Balaban J connectivity index is 1.96. The van der Waals surface area contributed by atoms with E-state index in [2.05, 4.69) is 20.0 Å². The van der Waals surface area contributed by atoms with E-state index in [0.717, 1.165) is 12.1 Å². The molecular formula is C19H19F2N5O3S. The zero-order valence-electron chi connectivity index (χ0n) is 16.1. The van der Waals surface area contributed by atoms with Gasteiger partial charge in [0.25, 0.3) is 5.91 Å². The lowest BCUT2D eigenvalue weighted by molar-refractivity contribution is 0.102. The highest BCUT2D eigenvalue weighted by atomic mass is 32.2. The average molecular weight is 435 g/mol. The molecule has 0 fully saturated rings. The molecule has 3 aromatic rings.